The molecule has 0 saturated carbocycles. The molecule has 4 N–H and O–H groups in total. The number of aromatic nitrogens is 4. The number of nitrogens with zero attached hydrogens (tertiary/aromatic N) is 3. The lowest BCUT2D eigenvalue weighted by molar-refractivity contribution is -0.152. The molecule has 0 aromatic carbocycles. The Morgan fingerprint density at radius 3 is 2.80 bits per heavy atom. The highest BCUT2D eigenvalue weighted by molar-refractivity contribution is 5.69. The van der Waals surface area contributed by atoms with Gasteiger partial charge in [0.25, 0.3) is 5.56 Å². The van der Waals surface area contributed by atoms with Gasteiger partial charge in [-0.2, -0.15) is 4.98 Å². The number of fused-ring (bicyclic) bond motifs is 1. The summed E-state index contributed by atoms with van der Waals surface area (Å²) in [6.45, 7) is 2.64. The number of aliphatic hydroxyl groups is 1. The third kappa shape index (κ3) is 2.72. The standard InChI is InChI=1S/C11H13N5O4/c1-4(17)8(20-5(2)18)6-3-13-9-7(14-6)10(19)16-11(12)15-9/h3-4,8,17H,1-2H3,(H3,12,13,15,16,19)/t4-,8-/m0/s1. The van der Waals surface area contributed by atoms with Crippen LogP contribution < -0.4 is 11.3 Å². The van der Waals surface area contributed by atoms with Crippen LogP contribution in [0.15, 0.2) is 11.0 Å². The topological polar surface area (TPSA) is 144 Å². The van der Waals surface area contributed by atoms with Gasteiger partial charge in [0.2, 0.25) is 5.95 Å². The van der Waals surface area contributed by atoms with Crippen LogP contribution in [0.25, 0.3) is 11.2 Å². The van der Waals surface area contributed by atoms with Crippen LogP contribution >= 0.6 is 0 Å². The maximum Gasteiger partial charge on any atom is 0.303 e. The Labute approximate surface area is 112 Å². The van der Waals surface area contributed by atoms with Gasteiger partial charge in [0.1, 0.15) is 5.69 Å². The van der Waals surface area contributed by atoms with Crippen molar-refractivity contribution < 1.29 is 14.6 Å². The third-order valence-corrected chi connectivity index (χ3v) is 2.48. The number of esters is 1. The van der Waals surface area contributed by atoms with Crippen molar-refractivity contribution in [1.29, 1.82) is 0 Å². The zero-order valence-corrected chi connectivity index (χ0v) is 10.8. The molecule has 2 heterocycles. The van der Waals surface area contributed by atoms with Crippen LogP contribution in [0.3, 0.4) is 0 Å². The number of ether oxygens (including phenoxy) is 1. The van der Waals surface area contributed by atoms with E-state index in [1.54, 1.807) is 0 Å². The van der Waals surface area contributed by atoms with E-state index < -0.39 is 23.7 Å². The Balaban J connectivity index is 2.54. The van der Waals surface area contributed by atoms with Gasteiger partial charge in [-0.1, -0.05) is 0 Å². The quantitative estimate of drug-likeness (QED) is 0.624. The number of nitrogens with two attached hydrogens (primary N) is 1. The smallest absolute Gasteiger partial charge is 0.303 e. The number of carbonyl (C=O) groups is 1. The van der Waals surface area contributed by atoms with Crippen molar-refractivity contribution in [2.24, 2.45) is 0 Å². The first-order chi connectivity index (χ1) is 9.38. The van der Waals surface area contributed by atoms with Gasteiger partial charge in [0.05, 0.1) is 12.3 Å². The minimum Gasteiger partial charge on any atom is -0.453 e. The molecule has 106 valence electrons. The van der Waals surface area contributed by atoms with E-state index in [4.69, 9.17) is 10.5 Å². The fourth-order valence-corrected chi connectivity index (χ4v) is 1.67. The lowest BCUT2D eigenvalue weighted by Gasteiger charge is -2.18. The van der Waals surface area contributed by atoms with Gasteiger partial charge in [0.15, 0.2) is 17.3 Å². The molecule has 0 aliphatic rings. The second-order valence-electron chi connectivity index (χ2n) is 4.19. The largest absolute Gasteiger partial charge is 0.453 e. The van der Waals surface area contributed by atoms with E-state index in [9.17, 15) is 14.7 Å². The average molecular weight is 279 g/mol. The van der Waals surface area contributed by atoms with E-state index in [1.807, 2.05) is 0 Å². The van der Waals surface area contributed by atoms with E-state index >= 15 is 0 Å². The molecule has 0 unspecified atom stereocenters. The number of anilines is 1. The molecule has 2 aromatic heterocycles. The number of aliphatic hydroxyl groups excluding tert-OH is 1. The molecule has 0 amide bonds. The van der Waals surface area contributed by atoms with E-state index in [-0.39, 0.29) is 22.8 Å². The summed E-state index contributed by atoms with van der Waals surface area (Å²) in [5.74, 6) is -0.654. The van der Waals surface area contributed by atoms with Crippen molar-refractivity contribution in [2.75, 3.05) is 5.73 Å². The third-order valence-electron chi connectivity index (χ3n) is 2.48. The van der Waals surface area contributed by atoms with Gasteiger partial charge in [0, 0.05) is 6.92 Å². The highest BCUT2D eigenvalue weighted by Gasteiger charge is 2.23. The first-order valence-corrected chi connectivity index (χ1v) is 5.76. The second-order valence-corrected chi connectivity index (χ2v) is 4.19. The Kier molecular flexibility index (Phi) is 3.61. The fraction of sp³-hybridized carbons (Fsp3) is 0.364. The summed E-state index contributed by atoms with van der Waals surface area (Å²) in [7, 11) is 0. The maximum absolute atomic E-state index is 11.7. The number of hydrogen-bond acceptors (Lipinski definition) is 8. The molecule has 0 aliphatic carbocycles. The van der Waals surface area contributed by atoms with E-state index in [0.29, 0.717) is 0 Å². The van der Waals surface area contributed by atoms with Crippen molar-refractivity contribution in [3.8, 4) is 0 Å². The first-order valence-electron chi connectivity index (χ1n) is 5.76. The molecule has 0 bridgehead atoms. The average Bonchev–Trinajstić information content (AvgIpc) is 2.35. The van der Waals surface area contributed by atoms with Gasteiger partial charge in [-0.15, -0.1) is 0 Å². The maximum atomic E-state index is 11.7. The lowest BCUT2D eigenvalue weighted by Crippen LogP contribution is -2.23. The molecule has 2 rings (SSSR count). The summed E-state index contributed by atoms with van der Waals surface area (Å²) in [6, 6.07) is 0. The minimum atomic E-state index is -1.01. The Morgan fingerprint density at radius 2 is 2.20 bits per heavy atom. The molecule has 9 nitrogen and oxygen atoms in total. The summed E-state index contributed by atoms with van der Waals surface area (Å²) in [5.41, 5.74) is 5.01. The summed E-state index contributed by atoms with van der Waals surface area (Å²) in [5, 5.41) is 9.63. The van der Waals surface area contributed by atoms with Crippen molar-refractivity contribution in [1.82, 2.24) is 19.9 Å². The molecular formula is C11H13N5O4. The second kappa shape index (κ2) is 5.21. The van der Waals surface area contributed by atoms with Crippen LogP contribution in [-0.2, 0) is 9.53 Å². The normalized spacial score (nSPS) is 13.9. The Hall–Kier alpha value is -2.55. The molecule has 0 spiro atoms. The molecule has 0 fully saturated rings. The summed E-state index contributed by atoms with van der Waals surface area (Å²) < 4.78 is 4.96. The Bertz CT molecular complexity index is 712. The van der Waals surface area contributed by atoms with Crippen LogP contribution in [0, 0.1) is 0 Å². The van der Waals surface area contributed by atoms with Crippen molar-refractivity contribution in [2.45, 2.75) is 26.1 Å². The Morgan fingerprint density at radius 1 is 1.50 bits per heavy atom. The number of aromatic amines is 1. The van der Waals surface area contributed by atoms with Crippen molar-refractivity contribution in [3.63, 3.8) is 0 Å². The first kappa shape index (κ1) is 13.9. The molecule has 9 heteroatoms. The van der Waals surface area contributed by atoms with Crippen LogP contribution in [-0.4, -0.2) is 37.1 Å². The van der Waals surface area contributed by atoms with Crippen molar-refractivity contribution >= 4 is 23.1 Å². The number of hydrogen-bond donors (Lipinski definition) is 3. The van der Waals surface area contributed by atoms with Crippen LogP contribution in [0.2, 0.25) is 0 Å². The number of nitrogens with one attached hydrogen (secondary N) is 1. The predicted octanol–water partition coefficient (Wildman–Crippen LogP) is -0.720. The zero-order chi connectivity index (χ0) is 14.9. The molecule has 0 saturated heterocycles. The molecule has 0 radical (unpaired) electrons. The number of nitrogen functional groups attached to an aromatic ring is 1. The predicted molar refractivity (Wildman–Crippen MR) is 68.6 cm³/mol. The van der Waals surface area contributed by atoms with Gasteiger partial charge in [-0.05, 0) is 6.92 Å². The number of H-pyrrole nitrogens is 1. The van der Waals surface area contributed by atoms with E-state index in [0.717, 1.165) is 0 Å². The van der Waals surface area contributed by atoms with Crippen molar-refractivity contribution in [3.05, 3.63) is 22.2 Å². The van der Waals surface area contributed by atoms with Crippen LogP contribution in [0.5, 0.6) is 0 Å². The van der Waals surface area contributed by atoms with E-state index in [2.05, 4.69) is 19.9 Å². The van der Waals surface area contributed by atoms with Crippen LogP contribution in [0.4, 0.5) is 5.95 Å². The van der Waals surface area contributed by atoms with Gasteiger partial charge in [-0.3, -0.25) is 14.6 Å². The highest BCUT2D eigenvalue weighted by Crippen LogP contribution is 2.20. The summed E-state index contributed by atoms with van der Waals surface area (Å²) >= 11 is 0. The number of rotatable bonds is 3. The monoisotopic (exact) mass is 279 g/mol. The minimum absolute atomic E-state index is 0.0468. The SMILES string of the molecule is CC(=O)O[C@H](c1cnc2nc(N)[nH]c(=O)c2n1)[C@H](C)O. The number of carbonyl (C=O) groups excluding carboxylic acids is 1. The summed E-state index contributed by atoms with van der Waals surface area (Å²) in [4.78, 5) is 36.8. The molecule has 0 aliphatic heterocycles. The highest BCUT2D eigenvalue weighted by atomic mass is 16.6. The fourth-order valence-electron chi connectivity index (χ4n) is 1.67. The van der Waals surface area contributed by atoms with Gasteiger partial charge < -0.3 is 15.6 Å². The van der Waals surface area contributed by atoms with Gasteiger partial charge >= 0.3 is 5.97 Å². The molecule has 2 atom stereocenters. The zero-order valence-electron chi connectivity index (χ0n) is 10.8. The summed E-state index contributed by atoms with van der Waals surface area (Å²) in [6.07, 6.45) is -0.748. The van der Waals surface area contributed by atoms with Gasteiger partial charge in [-0.25, -0.2) is 9.97 Å². The molecule has 2 aromatic rings. The molecule has 20 heavy (non-hydrogen) atoms. The van der Waals surface area contributed by atoms with E-state index in [1.165, 1.54) is 20.0 Å². The molecular weight excluding hydrogens is 266 g/mol. The lowest BCUT2D eigenvalue weighted by atomic mass is 10.1. The van der Waals surface area contributed by atoms with Crippen LogP contribution in [0.1, 0.15) is 25.6 Å².